The van der Waals surface area contributed by atoms with E-state index in [4.69, 9.17) is 16.3 Å². The van der Waals surface area contributed by atoms with Crippen LogP contribution in [0.1, 0.15) is 68.7 Å². The Morgan fingerprint density at radius 2 is 1.90 bits per heavy atom. The summed E-state index contributed by atoms with van der Waals surface area (Å²) in [6, 6.07) is 14.4. The molecule has 1 atom stereocenters. The quantitative estimate of drug-likeness (QED) is 0.458. The molecule has 0 aliphatic carbocycles. The third-order valence-electron chi connectivity index (χ3n) is 5.86. The van der Waals surface area contributed by atoms with E-state index >= 15 is 0 Å². The van der Waals surface area contributed by atoms with Crippen molar-refractivity contribution in [1.29, 1.82) is 0 Å². The van der Waals surface area contributed by atoms with Crippen LogP contribution in [0.25, 0.3) is 0 Å². The fourth-order valence-corrected chi connectivity index (χ4v) is 4.56. The minimum Gasteiger partial charge on any atom is -0.494 e. The standard InChI is InChI=1S/C26H35ClN2O2/c1-3-10-23(22-11-6-7-12-24(22)29-15-8-5-9-16-29)28-26(30)18-20-13-14-21(19-27)25(17-20)31-4-2/h6-7,11-14,17,23H,3-5,8-10,15-16,18-19H2,1-2H3,(H,28,30). The highest BCUT2D eigenvalue weighted by molar-refractivity contribution is 6.17. The van der Waals surface area contributed by atoms with Crippen LogP contribution >= 0.6 is 11.6 Å². The van der Waals surface area contributed by atoms with Crippen LogP contribution in [0, 0.1) is 0 Å². The number of anilines is 1. The average molecular weight is 443 g/mol. The topological polar surface area (TPSA) is 41.6 Å². The third kappa shape index (κ3) is 6.39. The zero-order valence-corrected chi connectivity index (χ0v) is 19.6. The summed E-state index contributed by atoms with van der Waals surface area (Å²) in [6.07, 6.45) is 6.04. The Morgan fingerprint density at radius 3 is 2.61 bits per heavy atom. The Morgan fingerprint density at radius 1 is 1.13 bits per heavy atom. The van der Waals surface area contributed by atoms with Gasteiger partial charge in [-0.25, -0.2) is 0 Å². The molecule has 0 saturated carbocycles. The van der Waals surface area contributed by atoms with Crippen molar-refractivity contribution in [3.05, 3.63) is 59.2 Å². The van der Waals surface area contributed by atoms with Gasteiger partial charge < -0.3 is 15.0 Å². The zero-order valence-electron chi connectivity index (χ0n) is 18.8. The van der Waals surface area contributed by atoms with Crippen LogP contribution in [0.4, 0.5) is 5.69 Å². The van der Waals surface area contributed by atoms with Gasteiger partial charge in [0.2, 0.25) is 5.91 Å². The summed E-state index contributed by atoms with van der Waals surface area (Å²) in [7, 11) is 0. The van der Waals surface area contributed by atoms with Crippen molar-refractivity contribution in [2.24, 2.45) is 0 Å². The van der Waals surface area contributed by atoms with Crippen LogP contribution in [0.3, 0.4) is 0 Å². The van der Waals surface area contributed by atoms with Crippen molar-refractivity contribution in [2.75, 3.05) is 24.6 Å². The number of amides is 1. The average Bonchev–Trinajstić information content (AvgIpc) is 2.80. The van der Waals surface area contributed by atoms with E-state index in [0.717, 1.165) is 42.8 Å². The zero-order chi connectivity index (χ0) is 22.1. The maximum absolute atomic E-state index is 13.0. The number of hydrogen-bond donors (Lipinski definition) is 1. The monoisotopic (exact) mass is 442 g/mol. The molecule has 1 N–H and O–H groups in total. The maximum atomic E-state index is 13.0. The molecule has 3 rings (SSSR count). The molecule has 0 radical (unpaired) electrons. The number of hydrogen-bond acceptors (Lipinski definition) is 3. The molecule has 2 aromatic rings. The first-order valence-electron chi connectivity index (χ1n) is 11.6. The first-order chi connectivity index (χ1) is 15.2. The summed E-state index contributed by atoms with van der Waals surface area (Å²) in [5.41, 5.74) is 4.39. The van der Waals surface area contributed by atoms with Gasteiger partial charge in [-0.2, -0.15) is 0 Å². The highest BCUT2D eigenvalue weighted by Crippen LogP contribution is 2.31. The van der Waals surface area contributed by atoms with Gasteiger partial charge in [0, 0.05) is 24.3 Å². The molecule has 1 aliphatic rings. The number of carbonyl (C=O) groups excluding carboxylic acids is 1. The molecule has 0 spiro atoms. The molecule has 1 heterocycles. The smallest absolute Gasteiger partial charge is 0.224 e. The van der Waals surface area contributed by atoms with E-state index in [9.17, 15) is 4.79 Å². The predicted molar refractivity (Wildman–Crippen MR) is 129 cm³/mol. The number of alkyl halides is 1. The van der Waals surface area contributed by atoms with Gasteiger partial charge in [0.25, 0.3) is 0 Å². The lowest BCUT2D eigenvalue weighted by Crippen LogP contribution is -2.34. The SMILES string of the molecule is CCCC(NC(=O)Cc1ccc(CCl)c(OCC)c1)c1ccccc1N1CCCCC1. The van der Waals surface area contributed by atoms with E-state index in [1.54, 1.807) is 0 Å². The van der Waals surface area contributed by atoms with Gasteiger partial charge in [0.1, 0.15) is 5.75 Å². The van der Waals surface area contributed by atoms with Crippen LogP contribution in [-0.2, 0) is 17.1 Å². The summed E-state index contributed by atoms with van der Waals surface area (Å²) in [5.74, 6) is 1.20. The summed E-state index contributed by atoms with van der Waals surface area (Å²) in [4.78, 5) is 15.5. The molecule has 1 unspecified atom stereocenters. The van der Waals surface area contributed by atoms with Crippen molar-refractivity contribution in [3.8, 4) is 5.75 Å². The second-order valence-electron chi connectivity index (χ2n) is 8.20. The van der Waals surface area contributed by atoms with E-state index in [0.29, 0.717) is 18.9 Å². The Balaban J connectivity index is 1.75. The summed E-state index contributed by atoms with van der Waals surface area (Å²) >= 11 is 6.01. The molecule has 1 amide bonds. The lowest BCUT2D eigenvalue weighted by Gasteiger charge is -2.32. The van der Waals surface area contributed by atoms with Gasteiger partial charge in [-0.1, -0.05) is 43.7 Å². The second-order valence-corrected chi connectivity index (χ2v) is 8.47. The van der Waals surface area contributed by atoms with Crippen LogP contribution in [0.5, 0.6) is 5.75 Å². The Bertz CT molecular complexity index is 849. The second kappa shape index (κ2) is 12.0. The van der Waals surface area contributed by atoms with Gasteiger partial charge >= 0.3 is 0 Å². The molecule has 0 bridgehead atoms. The van der Waals surface area contributed by atoms with Gasteiger partial charge in [-0.05, 0) is 55.9 Å². The third-order valence-corrected chi connectivity index (χ3v) is 6.15. The maximum Gasteiger partial charge on any atom is 0.224 e. The molecule has 0 aromatic heterocycles. The normalized spacial score (nSPS) is 14.9. The Labute approximate surface area is 191 Å². The number of ether oxygens (including phenoxy) is 1. The van der Waals surface area contributed by atoms with E-state index < -0.39 is 0 Å². The molecule has 2 aromatic carbocycles. The molecule has 5 heteroatoms. The number of halogens is 1. The first-order valence-corrected chi connectivity index (χ1v) is 12.1. The fourth-order valence-electron chi connectivity index (χ4n) is 4.34. The van der Waals surface area contributed by atoms with Crippen LogP contribution in [0.15, 0.2) is 42.5 Å². The minimum absolute atomic E-state index is 0.0177. The number of piperidine rings is 1. The highest BCUT2D eigenvalue weighted by atomic mass is 35.5. The van der Waals surface area contributed by atoms with Crippen LogP contribution < -0.4 is 15.0 Å². The number of carbonyl (C=O) groups is 1. The largest absolute Gasteiger partial charge is 0.494 e. The van der Waals surface area contributed by atoms with E-state index in [-0.39, 0.29) is 11.9 Å². The number of benzene rings is 2. The molecule has 4 nitrogen and oxygen atoms in total. The van der Waals surface area contributed by atoms with Crippen molar-refractivity contribution in [1.82, 2.24) is 5.32 Å². The lowest BCUT2D eigenvalue weighted by molar-refractivity contribution is -0.121. The molecule has 1 fully saturated rings. The van der Waals surface area contributed by atoms with E-state index in [1.807, 2.05) is 25.1 Å². The highest BCUT2D eigenvalue weighted by Gasteiger charge is 2.21. The van der Waals surface area contributed by atoms with Gasteiger partial charge in [-0.15, -0.1) is 11.6 Å². The molecular weight excluding hydrogens is 408 g/mol. The van der Waals surface area contributed by atoms with Crippen LogP contribution in [-0.4, -0.2) is 25.6 Å². The lowest BCUT2D eigenvalue weighted by atomic mass is 9.98. The van der Waals surface area contributed by atoms with Crippen molar-refractivity contribution in [3.63, 3.8) is 0 Å². The van der Waals surface area contributed by atoms with Crippen molar-refractivity contribution >= 4 is 23.2 Å². The van der Waals surface area contributed by atoms with E-state index in [2.05, 4.69) is 41.4 Å². The van der Waals surface area contributed by atoms with Gasteiger partial charge in [-0.3, -0.25) is 4.79 Å². The number of para-hydroxylation sites is 1. The van der Waals surface area contributed by atoms with Crippen molar-refractivity contribution < 1.29 is 9.53 Å². The molecule has 31 heavy (non-hydrogen) atoms. The summed E-state index contributed by atoms with van der Waals surface area (Å²) in [5, 5.41) is 3.31. The molecule has 1 aliphatic heterocycles. The van der Waals surface area contributed by atoms with Gasteiger partial charge in [0.15, 0.2) is 0 Å². The van der Waals surface area contributed by atoms with Crippen molar-refractivity contribution in [2.45, 2.75) is 64.3 Å². The molecule has 1 saturated heterocycles. The summed E-state index contributed by atoms with van der Waals surface area (Å²) < 4.78 is 5.70. The number of rotatable bonds is 10. The Hall–Kier alpha value is -2.20. The Kier molecular flexibility index (Phi) is 9.08. The van der Waals surface area contributed by atoms with Gasteiger partial charge in [0.05, 0.1) is 24.9 Å². The fraction of sp³-hybridized carbons (Fsp3) is 0.500. The molecule has 168 valence electrons. The van der Waals surface area contributed by atoms with E-state index in [1.165, 1.54) is 30.5 Å². The number of nitrogens with zero attached hydrogens (tertiary/aromatic N) is 1. The number of nitrogens with one attached hydrogen (secondary N) is 1. The first kappa shape index (κ1) is 23.5. The summed E-state index contributed by atoms with van der Waals surface area (Å²) in [6.45, 7) is 6.88. The molecular formula is C26H35ClN2O2. The van der Waals surface area contributed by atoms with Crippen LogP contribution in [0.2, 0.25) is 0 Å². The minimum atomic E-state index is 0.0177. The predicted octanol–water partition coefficient (Wildman–Crippen LogP) is 6.01.